The fourth-order valence-corrected chi connectivity index (χ4v) is 2.68. The molecule has 0 spiro atoms. The predicted molar refractivity (Wildman–Crippen MR) is 102 cm³/mol. The van der Waals surface area contributed by atoms with Crippen molar-refractivity contribution in [3.8, 4) is 12.0 Å². The number of halogens is 2. The topological polar surface area (TPSA) is 30.7 Å². The minimum atomic E-state index is -0.663. The SMILES string of the molecule is Fc1cc(F)cc(C#Cn2nc(C=Cc3ccccn3)c3ccccc32)c1. The fourth-order valence-electron chi connectivity index (χ4n) is 2.68. The Morgan fingerprint density at radius 3 is 2.44 bits per heavy atom. The van der Waals surface area contributed by atoms with Crippen molar-refractivity contribution in [3.05, 3.63) is 95.4 Å². The molecule has 0 fully saturated rings. The maximum absolute atomic E-state index is 13.3. The summed E-state index contributed by atoms with van der Waals surface area (Å²) in [6.07, 6.45) is 5.46. The third kappa shape index (κ3) is 3.75. The van der Waals surface area contributed by atoms with E-state index in [0.29, 0.717) is 0 Å². The normalized spacial score (nSPS) is 10.9. The van der Waals surface area contributed by atoms with Gasteiger partial charge >= 0.3 is 0 Å². The lowest BCUT2D eigenvalue weighted by Gasteiger charge is -1.93. The predicted octanol–water partition coefficient (Wildman–Crippen LogP) is 4.74. The van der Waals surface area contributed by atoms with E-state index in [2.05, 4.69) is 22.0 Å². The van der Waals surface area contributed by atoms with Crippen LogP contribution in [-0.4, -0.2) is 14.8 Å². The van der Waals surface area contributed by atoms with Gasteiger partial charge in [-0.3, -0.25) is 4.98 Å². The molecule has 27 heavy (non-hydrogen) atoms. The molecule has 0 N–H and O–H groups in total. The van der Waals surface area contributed by atoms with E-state index in [0.717, 1.165) is 28.4 Å². The highest BCUT2D eigenvalue weighted by Gasteiger charge is 2.06. The molecule has 3 nitrogen and oxygen atoms in total. The van der Waals surface area contributed by atoms with Gasteiger partial charge in [-0.05, 0) is 48.4 Å². The quantitative estimate of drug-likeness (QED) is 0.485. The molecule has 0 amide bonds. The van der Waals surface area contributed by atoms with Crippen LogP contribution in [0, 0.1) is 23.6 Å². The van der Waals surface area contributed by atoms with E-state index in [1.54, 1.807) is 6.20 Å². The van der Waals surface area contributed by atoms with E-state index in [1.807, 2.05) is 54.6 Å². The Bertz CT molecular complexity index is 1180. The number of nitrogens with zero attached hydrogens (tertiary/aromatic N) is 3. The first-order valence-electron chi connectivity index (χ1n) is 8.24. The molecule has 0 radical (unpaired) electrons. The van der Waals surface area contributed by atoms with Gasteiger partial charge in [0, 0.05) is 29.3 Å². The third-order valence-electron chi connectivity index (χ3n) is 3.88. The number of fused-ring (bicyclic) bond motifs is 1. The summed E-state index contributed by atoms with van der Waals surface area (Å²) in [5.74, 6) is 1.43. The molecule has 0 unspecified atom stereocenters. The molecule has 2 aromatic heterocycles. The summed E-state index contributed by atoms with van der Waals surface area (Å²) < 4.78 is 28.2. The van der Waals surface area contributed by atoms with Crippen LogP contribution in [0.25, 0.3) is 23.1 Å². The van der Waals surface area contributed by atoms with Crippen molar-refractivity contribution in [2.45, 2.75) is 0 Å². The minimum absolute atomic E-state index is 0.248. The van der Waals surface area contributed by atoms with Gasteiger partial charge in [0.05, 0.1) is 16.9 Å². The summed E-state index contributed by atoms with van der Waals surface area (Å²) in [6.45, 7) is 0. The van der Waals surface area contributed by atoms with Gasteiger partial charge in [0.1, 0.15) is 11.6 Å². The highest BCUT2D eigenvalue weighted by atomic mass is 19.1. The van der Waals surface area contributed by atoms with Crippen molar-refractivity contribution in [2.75, 3.05) is 0 Å². The highest BCUT2D eigenvalue weighted by Crippen LogP contribution is 2.20. The lowest BCUT2D eigenvalue weighted by molar-refractivity contribution is 0.582. The minimum Gasteiger partial charge on any atom is -0.257 e. The summed E-state index contributed by atoms with van der Waals surface area (Å²) in [5, 5.41) is 5.43. The van der Waals surface area contributed by atoms with Crippen molar-refractivity contribution in [1.82, 2.24) is 14.8 Å². The zero-order valence-electron chi connectivity index (χ0n) is 14.1. The Kier molecular flexibility index (Phi) is 4.46. The van der Waals surface area contributed by atoms with Gasteiger partial charge in [0.2, 0.25) is 0 Å². The van der Waals surface area contributed by atoms with E-state index in [4.69, 9.17) is 0 Å². The molecule has 0 saturated heterocycles. The van der Waals surface area contributed by atoms with Crippen molar-refractivity contribution in [1.29, 1.82) is 0 Å². The van der Waals surface area contributed by atoms with Crippen LogP contribution >= 0.6 is 0 Å². The number of benzene rings is 2. The van der Waals surface area contributed by atoms with Gasteiger partial charge in [0.25, 0.3) is 0 Å². The van der Waals surface area contributed by atoms with Gasteiger partial charge in [-0.25, -0.2) is 8.78 Å². The molecule has 4 rings (SSSR count). The summed E-state index contributed by atoms with van der Waals surface area (Å²) in [6, 6.07) is 19.3. The smallest absolute Gasteiger partial charge is 0.127 e. The molecule has 130 valence electrons. The Morgan fingerprint density at radius 2 is 1.67 bits per heavy atom. The molecular weight excluding hydrogens is 344 g/mol. The first kappa shape index (κ1) is 16.7. The highest BCUT2D eigenvalue weighted by molar-refractivity contribution is 5.90. The zero-order valence-corrected chi connectivity index (χ0v) is 14.1. The lowest BCUT2D eigenvalue weighted by atomic mass is 10.2. The average Bonchev–Trinajstić information content (AvgIpc) is 3.03. The summed E-state index contributed by atoms with van der Waals surface area (Å²) in [4.78, 5) is 4.25. The Labute approximate surface area is 154 Å². The summed E-state index contributed by atoms with van der Waals surface area (Å²) in [7, 11) is 0. The van der Waals surface area contributed by atoms with Crippen LogP contribution in [-0.2, 0) is 0 Å². The largest absolute Gasteiger partial charge is 0.257 e. The molecule has 0 aliphatic carbocycles. The van der Waals surface area contributed by atoms with Crippen LogP contribution in [0.1, 0.15) is 17.0 Å². The zero-order chi connectivity index (χ0) is 18.6. The average molecular weight is 357 g/mol. The number of hydrogen-bond donors (Lipinski definition) is 0. The first-order chi connectivity index (χ1) is 13.2. The fraction of sp³-hybridized carbons (Fsp3) is 0. The number of pyridine rings is 1. The Morgan fingerprint density at radius 1 is 0.889 bits per heavy atom. The second kappa shape index (κ2) is 7.22. The van der Waals surface area contributed by atoms with E-state index in [9.17, 15) is 8.78 Å². The van der Waals surface area contributed by atoms with Crippen molar-refractivity contribution < 1.29 is 8.78 Å². The van der Waals surface area contributed by atoms with E-state index < -0.39 is 11.6 Å². The van der Waals surface area contributed by atoms with E-state index in [-0.39, 0.29) is 5.56 Å². The maximum Gasteiger partial charge on any atom is 0.127 e. The Hall–Kier alpha value is -3.78. The molecule has 0 aliphatic rings. The van der Waals surface area contributed by atoms with Crippen molar-refractivity contribution in [2.24, 2.45) is 0 Å². The summed E-state index contributed by atoms with van der Waals surface area (Å²) in [5.41, 5.74) is 2.61. The van der Waals surface area contributed by atoms with Crippen LogP contribution in [0.4, 0.5) is 8.78 Å². The van der Waals surface area contributed by atoms with Crippen molar-refractivity contribution in [3.63, 3.8) is 0 Å². The second-order valence-corrected chi connectivity index (χ2v) is 5.80. The van der Waals surface area contributed by atoms with Crippen LogP contribution in [0.3, 0.4) is 0 Å². The van der Waals surface area contributed by atoms with Gasteiger partial charge in [-0.1, -0.05) is 24.3 Å². The van der Waals surface area contributed by atoms with Crippen LogP contribution < -0.4 is 0 Å². The molecule has 2 heterocycles. The first-order valence-corrected chi connectivity index (χ1v) is 8.24. The lowest BCUT2D eigenvalue weighted by Crippen LogP contribution is -1.92. The van der Waals surface area contributed by atoms with Gasteiger partial charge in [-0.15, -0.1) is 0 Å². The molecule has 0 atom stereocenters. The third-order valence-corrected chi connectivity index (χ3v) is 3.88. The van der Waals surface area contributed by atoms with Gasteiger partial charge < -0.3 is 0 Å². The molecule has 2 aromatic carbocycles. The van der Waals surface area contributed by atoms with Crippen LogP contribution in [0.5, 0.6) is 0 Å². The number of para-hydroxylation sites is 1. The summed E-state index contributed by atoms with van der Waals surface area (Å²) >= 11 is 0. The number of rotatable bonds is 2. The molecule has 4 aromatic rings. The molecule has 0 bridgehead atoms. The monoisotopic (exact) mass is 357 g/mol. The van der Waals surface area contributed by atoms with E-state index >= 15 is 0 Å². The standard InChI is InChI=1S/C22H13F2N3/c23-17-13-16(14-18(24)15-17)10-12-27-22-7-2-1-6-20(22)21(26-27)9-8-19-5-3-4-11-25-19/h1-9,11,13-15H. The molecule has 5 heteroatoms. The van der Waals surface area contributed by atoms with Crippen LogP contribution in [0.2, 0.25) is 0 Å². The molecular formula is C22H13F2N3. The molecule has 0 saturated carbocycles. The van der Waals surface area contributed by atoms with Crippen LogP contribution in [0.15, 0.2) is 66.9 Å². The van der Waals surface area contributed by atoms with Gasteiger partial charge in [0.15, 0.2) is 0 Å². The molecule has 0 aliphatic heterocycles. The number of hydrogen-bond acceptors (Lipinski definition) is 2. The Balaban J connectivity index is 1.74. The van der Waals surface area contributed by atoms with Gasteiger partial charge in [-0.2, -0.15) is 9.78 Å². The second-order valence-electron chi connectivity index (χ2n) is 5.80. The van der Waals surface area contributed by atoms with E-state index in [1.165, 1.54) is 16.8 Å². The number of aromatic nitrogens is 3. The maximum atomic E-state index is 13.3. The van der Waals surface area contributed by atoms with Crippen molar-refractivity contribution >= 4 is 23.1 Å².